The molecule has 4 heterocycles. The molecular formula is C18H17Br2F3N5O3+. The largest absolute Gasteiger partial charge is 0.448 e. The summed E-state index contributed by atoms with van der Waals surface area (Å²) >= 11 is 6.32. The third kappa shape index (κ3) is 4.78. The number of amides is 1. The molecule has 0 bridgehead atoms. The molecule has 0 radical (unpaired) electrons. The molecule has 0 aliphatic carbocycles. The summed E-state index contributed by atoms with van der Waals surface area (Å²) in [5.74, 6) is -0.437. The van der Waals surface area contributed by atoms with Gasteiger partial charge in [0.05, 0.1) is 30.8 Å². The van der Waals surface area contributed by atoms with E-state index in [9.17, 15) is 18.0 Å². The predicted molar refractivity (Wildman–Crippen MR) is 110 cm³/mol. The van der Waals surface area contributed by atoms with E-state index in [0.717, 1.165) is 19.2 Å². The number of hydrogen-bond donors (Lipinski definition) is 2. The number of morpholine rings is 1. The van der Waals surface area contributed by atoms with E-state index in [1.54, 1.807) is 6.07 Å². The Labute approximate surface area is 191 Å². The van der Waals surface area contributed by atoms with Gasteiger partial charge in [0.1, 0.15) is 18.8 Å². The highest BCUT2D eigenvalue weighted by molar-refractivity contribution is 9.10. The van der Waals surface area contributed by atoms with Crippen LogP contribution in [0.15, 0.2) is 31.8 Å². The minimum atomic E-state index is -4.72. The number of alkyl halides is 3. The van der Waals surface area contributed by atoms with Gasteiger partial charge in [-0.1, -0.05) is 0 Å². The van der Waals surface area contributed by atoms with Gasteiger partial charge in [-0.05, 0) is 50.1 Å². The van der Waals surface area contributed by atoms with Gasteiger partial charge in [-0.3, -0.25) is 4.79 Å². The Morgan fingerprint density at radius 2 is 2.00 bits per heavy atom. The molecule has 1 fully saturated rings. The van der Waals surface area contributed by atoms with Crippen molar-refractivity contribution >= 4 is 43.4 Å². The van der Waals surface area contributed by atoms with E-state index >= 15 is 0 Å². The lowest BCUT2D eigenvalue weighted by Gasteiger charge is -2.23. The fourth-order valence-corrected chi connectivity index (χ4v) is 4.09. The van der Waals surface area contributed by atoms with Gasteiger partial charge in [0.15, 0.2) is 27.5 Å². The van der Waals surface area contributed by atoms with E-state index in [2.05, 4.69) is 47.3 Å². The maximum atomic E-state index is 13.7. The Bertz CT molecular complexity index is 1110. The summed E-state index contributed by atoms with van der Waals surface area (Å²) in [5.41, 5.74) is -1.42. The summed E-state index contributed by atoms with van der Waals surface area (Å²) < 4.78 is 52.8. The Balaban J connectivity index is 1.64. The highest BCUT2D eigenvalue weighted by Crippen LogP contribution is 2.35. The lowest BCUT2D eigenvalue weighted by Crippen LogP contribution is -3.14. The molecule has 0 aromatic carbocycles. The van der Waals surface area contributed by atoms with E-state index in [4.69, 9.17) is 9.15 Å². The number of aromatic nitrogens is 3. The standard InChI is InChI=1S/C18H16Br2F3N5O3/c19-13-2-1-11(31-13)10-9-12(18(21,22)23)28-16(25-10)14(20)15(26-28)17(29)24-3-4-27-5-7-30-8-6-27/h1-2,9H,3-8H2,(H,24,29)/p+1. The average Bonchev–Trinajstić information content (AvgIpc) is 3.31. The summed E-state index contributed by atoms with van der Waals surface area (Å²) in [4.78, 5) is 18.1. The molecule has 4 rings (SSSR count). The fourth-order valence-electron chi connectivity index (χ4n) is 3.26. The van der Waals surface area contributed by atoms with Gasteiger partial charge in [0.2, 0.25) is 0 Å². The van der Waals surface area contributed by atoms with Crippen LogP contribution in [0.1, 0.15) is 16.2 Å². The molecule has 0 unspecified atom stereocenters. The summed E-state index contributed by atoms with van der Waals surface area (Å²) in [6.45, 7) is 4.07. The van der Waals surface area contributed by atoms with Crippen LogP contribution in [0.3, 0.4) is 0 Å². The van der Waals surface area contributed by atoms with E-state index in [1.807, 2.05) is 0 Å². The van der Waals surface area contributed by atoms with Crippen molar-refractivity contribution in [1.29, 1.82) is 0 Å². The zero-order valence-electron chi connectivity index (χ0n) is 15.9. The van der Waals surface area contributed by atoms with Gasteiger partial charge in [0, 0.05) is 0 Å². The highest BCUT2D eigenvalue weighted by Gasteiger charge is 2.37. The minimum Gasteiger partial charge on any atom is -0.448 e. The third-order valence-electron chi connectivity index (χ3n) is 4.83. The smallest absolute Gasteiger partial charge is 0.433 e. The number of furan rings is 1. The Hall–Kier alpha value is -1.96. The predicted octanol–water partition coefficient (Wildman–Crippen LogP) is 2.18. The van der Waals surface area contributed by atoms with Gasteiger partial charge in [-0.25, -0.2) is 9.50 Å². The van der Waals surface area contributed by atoms with Crippen LogP contribution in [-0.2, 0) is 10.9 Å². The lowest BCUT2D eigenvalue weighted by molar-refractivity contribution is -0.906. The van der Waals surface area contributed by atoms with E-state index in [0.29, 0.717) is 35.5 Å². The number of ether oxygens (including phenoxy) is 1. The number of fused-ring (bicyclic) bond motifs is 1. The first-order chi connectivity index (χ1) is 14.7. The number of nitrogens with zero attached hydrogens (tertiary/aromatic N) is 3. The van der Waals surface area contributed by atoms with Crippen molar-refractivity contribution in [1.82, 2.24) is 19.9 Å². The molecule has 1 amide bonds. The van der Waals surface area contributed by atoms with Crippen LogP contribution < -0.4 is 10.2 Å². The van der Waals surface area contributed by atoms with Crippen molar-refractivity contribution in [3.8, 4) is 11.5 Å². The third-order valence-corrected chi connectivity index (χ3v) is 5.98. The number of carbonyl (C=O) groups is 1. The molecular weight excluding hydrogens is 551 g/mol. The van der Waals surface area contributed by atoms with Crippen molar-refractivity contribution in [2.75, 3.05) is 39.4 Å². The lowest BCUT2D eigenvalue weighted by atomic mass is 10.2. The molecule has 1 saturated heterocycles. The second-order valence-electron chi connectivity index (χ2n) is 6.89. The Kier molecular flexibility index (Phi) is 6.37. The normalized spacial score (nSPS) is 15.5. The van der Waals surface area contributed by atoms with Crippen LogP contribution >= 0.6 is 31.9 Å². The summed E-state index contributed by atoms with van der Waals surface area (Å²) in [7, 11) is 0. The molecule has 166 valence electrons. The van der Waals surface area contributed by atoms with Gasteiger partial charge in [-0.15, -0.1) is 0 Å². The van der Waals surface area contributed by atoms with Crippen molar-refractivity contribution < 1.29 is 32.0 Å². The molecule has 13 heteroatoms. The average molecular weight is 568 g/mol. The number of halogens is 5. The van der Waals surface area contributed by atoms with Crippen LogP contribution in [0.4, 0.5) is 13.2 Å². The van der Waals surface area contributed by atoms with Crippen molar-refractivity contribution in [2.45, 2.75) is 6.18 Å². The van der Waals surface area contributed by atoms with Crippen molar-refractivity contribution in [3.63, 3.8) is 0 Å². The van der Waals surface area contributed by atoms with Crippen molar-refractivity contribution in [3.05, 3.63) is 38.7 Å². The maximum absolute atomic E-state index is 13.7. The molecule has 3 aromatic heterocycles. The quantitative estimate of drug-likeness (QED) is 0.494. The van der Waals surface area contributed by atoms with Gasteiger partial charge >= 0.3 is 6.18 Å². The fraction of sp³-hybridized carbons (Fsp3) is 0.389. The zero-order valence-corrected chi connectivity index (χ0v) is 19.1. The second-order valence-corrected chi connectivity index (χ2v) is 8.47. The van der Waals surface area contributed by atoms with Crippen LogP contribution in [0.25, 0.3) is 17.1 Å². The van der Waals surface area contributed by atoms with Gasteiger partial charge < -0.3 is 19.4 Å². The second kappa shape index (κ2) is 8.88. The van der Waals surface area contributed by atoms with Crippen LogP contribution in [0.2, 0.25) is 0 Å². The molecule has 0 saturated carbocycles. The van der Waals surface area contributed by atoms with E-state index < -0.39 is 17.8 Å². The number of quaternary nitrogens is 1. The molecule has 3 aromatic rings. The molecule has 0 atom stereocenters. The SMILES string of the molecule is O=C(NCC[NH+]1CCOCC1)c1nn2c(C(F)(F)F)cc(-c3ccc(Br)o3)nc2c1Br. The first-order valence-electron chi connectivity index (χ1n) is 9.35. The topological polar surface area (TPSA) is 86.1 Å². The molecule has 31 heavy (non-hydrogen) atoms. The number of hydrogen-bond acceptors (Lipinski definition) is 5. The van der Waals surface area contributed by atoms with Crippen LogP contribution in [-0.4, -0.2) is 59.9 Å². The monoisotopic (exact) mass is 566 g/mol. The number of nitrogens with one attached hydrogen (secondary N) is 2. The first-order valence-corrected chi connectivity index (χ1v) is 10.9. The number of rotatable bonds is 5. The molecule has 0 spiro atoms. The summed E-state index contributed by atoms with van der Waals surface area (Å²) in [5, 5.41) is 6.61. The highest BCUT2D eigenvalue weighted by atomic mass is 79.9. The van der Waals surface area contributed by atoms with Crippen LogP contribution in [0.5, 0.6) is 0 Å². The summed E-state index contributed by atoms with van der Waals surface area (Å²) in [6.07, 6.45) is -4.72. The molecule has 8 nitrogen and oxygen atoms in total. The number of carbonyl (C=O) groups excluding carboxylic acids is 1. The summed E-state index contributed by atoms with van der Waals surface area (Å²) in [6, 6.07) is 3.88. The first kappa shape index (κ1) is 22.2. The van der Waals surface area contributed by atoms with Gasteiger partial charge in [0.25, 0.3) is 5.91 Å². The molecule has 1 aliphatic rings. The minimum absolute atomic E-state index is 0.0333. The zero-order chi connectivity index (χ0) is 22.2. The Morgan fingerprint density at radius 1 is 1.26 bits per heavy atom. The van der Waals surface area contributed by atoms with Crippen LogP contribution in [0, 0.1) is 0 Å². The van der Waals surface area contributed by atoms with E-state index in [-0.39, 0.29) is 27.3 Å². The van der Waals surface area contributed by atoms with E-state index in [1.165, 1.54) is 11.0 Å². The van der Waals surface area contributed by atoms with Crippen molar-refractivity contribution in [2.24, 2.45) is 0 Å². The molecule has 2 N–H and O–H groups in total. The van der Waals surface area contributed by atoms with Gasteiger partial charge in [-0.2, -0.15) is 18.3 Å². The molecule has 1 aliphatic heterocycles. The maximum Gasteiger partial charge on any atom is 0.433 e. The Morgan fingerprint density at radius 3 is 2.65 bits per heavy atom.